The highest BCUT2D eigenvalue weighted by Crippen LogP contribution is 2.11. The first-order valence-corrected chi connectivity index (χ1v) is 5.33. The number of aromatic nitrogens is 3. The van der Waals surface area contributed by atoms with E-state index >= 15 is 0 Å². The Morgan fingerprint density at radius 2 is 2.00 bits per heavy atom. The Kier molecular flexibility index (Phi) is 3.67. The number of nitrogens with one attached hydrogen (secondary N) is 2. The molecule has 1 aromatic heterocycles. The van der Waals surface area contributed by atoms with Crippen LogP contribution in [0.1, 0.15) is 16.2 Å². The van der Waals surface area contributed by atoms with Crippen LogP contribution in [-0.4, -0.2) is 32.2 Å². The maximum atomic E-state index is 11.6. The number of anilines is 1. The normalized spacial score (nSPS) is 10.5. The summed E-state index contributed by atoms with van der Waals surface area (Å²) in [6.07, 6.45) is 3.75. The van der Waals surface area contributed by atoms with Gasteiger partial charge in [0.05, 0.1) is 0 Å². The summed E-state index contributed by atoms with van der Waals surface area (Å²) in [5, 5.41) is 17.1. The van der Waals surface area contributed by atoms with Crippen LogP contribution >= 0.6 is 0 Å². The third kappa shape index (κ3) is 3.50. The van der Waals surface area contributed by atoms with Gasteiger partial charge in [0, 0.05) is 11.8 Å². The van der Waals surface area contributed by atoms with Gasteiger partial charge in [-0.05, 0) is 23.8 Å². The van der Waals surface area contributed by atoms with E-state index in [-0.39, 0.29) is 5.82 Å². The lowest BCUT2D eigenvalue weighted by molar-refractivity contribution is -0.131. The molecule has 0 saturated heterocycles. The van der Waals surface area contributed by atoms with Crippen molar-refractivity contribution in [1.82, 2.24) is 15.2 Å². The van der Waals surface area contributed by atoms with Crippen molar-refractivity contribution in [2.75, 3.05) is 5.32 Å². The first-order chi connectivity index (χ1) is 9.15. The molecular weight excluding hydrogens is 248 g/mol. The maximum absolute atomic E-state index is 11.6. The second kappa shape index (κ2) is 5.58. The first-order valence-electron chi connectivity index (χ1n) is 5.33. The Hall–Kier alpha value is -2.96. The second-order valence-electron chi connectivity index (χ2n) is 3.58. The van der Waals surface area contributed by atoms with E-state index in [2.05, 4.69) is 20.5 Å². The number of carboxylic acids is 1. The number of carbonyl (C=O) groups is 2. The zero-order valence-corrected chi connectivity index (χ0v) is 9.70. The molecule has 0 atom stereocenters. The number of hydrogen-bond acceptors (Lipinski definition) is 4. The van der Waals surface area contributed by atoms with Crippen LogP contribution in [0.25, 0.3) is 6.08 Å². The van der Waals surface area contributed by atoms with Crippen molar-refractivity contribution >= 4 is 23.6 Å². The molecule has 1 heterocycles. The Bertz CT molecular complexity index is 602. The van der Waals surface area contributed by atoms with E-state index in [0.29, 0.717) is 5.69 Å². The maximum Gasteiger partial charge on any atom is 0.328 e. The lowest BCUT2D eigenvalue weighted by Crippen LogP contribution is -2.13. The summed E-state index contributed by atoms with van der Waals surface area (Å²) in [5.74, 6) is -1.29. The van der Waals surface area contributed by atoms with E-state index in [1.165, 1.54) is 12.4 Å². The predicted molar refractivity (Wildman–Crippen MR) is 67.4 cm³/mol. The molecule has 0 fully saturated rings. The molecule has 0 unspecified atom stereocenters. The van der Waals surface area contributed by atoms with Gasteiger partial charge in [-0.1, -0.05) is 12.1 Å². The molecule has 0 radical (unpaired) electrons. The Balaban J connectivity index is 2.03. The molecule has 3 N–H and O–H groups in total. The minimum Gasteiger partial charge on any atom is -0.478 e. The smallest absolute Gasteiger partial charge is 0.328 e. The van der Waals surface area contributed by atoms with Gasteiger partial charge in [-0.3, -0.25) is 9.89 Å². The predicted octanol–water partition coefficient (Wildman–Crippen LogP) is 1.15. The largest absolute Gasteiger partial charge is 0.478 e. The van der Waals surface area contributed by atoms with Crippen molar-refractivity contribution in [3.05, 3.63) is 48.1 Å². The number of benzene rings is 1. The van der Waals surface area contributed by atoms with Crippen LogP contribution in [0.3, 0.4) is 0 Å². The number of aliphatic carboxylic acids is 1. The average molecular weight is 258 g/mol. The topological polar surface area (TPSA) is 108 Å². The quantitative estimate of drug-likeness (QED) is 0.713. The fourth-order valence-corrected chi connectivity index (χ4v) is 1.35. The van der Waals surface area contributed by atoms with E-state index in [4.69, 9.17) is 5.11 Å². The Morgan fingerprint density at radius 1 is 1.26 bits per heavy atom. The molecule has 96 valence electrons. The van der Waals surface area contributed by atoms with Gasteiger partial charge in [0.2, 0.25) is 5.82 Å². The molecule has 7 heteroatoms. The van der Waals surface area contributed by atoms with Gasteiger partial charge in [0.25, 0.3) is 5.91 Å². The number of rotatable bonds is 4. The molecule has 1 aromatic carbocycles. The third-order valence-electron chi connectivity index (χ3n) is 2.22. The summed E-state index contributed by atoms with van der Waals surface area (Å²) in [4.78, 5) is 25.7. The second-order valence-corrected chi connectivity index (χ2v) is 3.58. The van der Waals surface area contributed by atoms with Crippen LogP contribution in [0.15, 0.2) is 36.7 Å². The number of H-pyrrole nitrogens is 1. The summed E-state index contributed by atoms with van der Waals surface area (Å²) in [7, 11) is 0. The minimum atomic E-state index is -1.01. The van der Waals surface area contributed by atoms with E-state index in [0.717, 1.165) is 11.6 Å². The van der Waals surface area contributed by atoms with Crippen molar-refractivity contribution in [1.29, 1.82) is 0 Å². The summed E-state index contributed by atoms with van der Waals surface area (Å²) in [6, 6.07) is 6.70. The van der Waals surface area contributed by atoms with Gasteiger partial charge in [-0.15, -0.1) is 0 Å². The first kappa shape index (κ1) is 12.5. The molecule has 0 spiro atoms. The highest BCUT2D eigenvalue weighted by Gasteiger charge is 2.08. The molecule has 19 heavy (non-hydrogen) atoms. The molecule has 7 nitrogen and oxygen atoms in total. The van der Waals surface area contributed by atoms with Gasteiger partial charge >= 0.3 is 5.97 Å². The van der Waals surface area contributed by atoms with Crippen molar-refractivity contribution in [2.24, 2.45) is 0 Å². The van der Waals surface area contributed by atoms with Gasteiger partial charge in [-0.25, -0.2) is 9.78 Å². The van der Waals surface area contributed by atoms with Crippen molar-refractivity contribution in [3.8, 4) is 0 Å². The van der Waals surface area contributed by atoms with Crippen LogP contribution < -0.4 is 5.32 Å². The lowest BCUT2D eigenvalue weighted by Gasteiger charge is -2.02. The molecule has 0 aliphatic rings. The van der Waals surface area contributed by atoms with E-state index in [1.807, 2.05) is 0 Å². The summed E-state index contributed by atoms with van der Waals surface area (Å²) < 4.78 is 0. The van der Waals surface area contributed by atoms with E-state index < -0.39 is 11.9 Å². The lowest BCUT2D eigenvalue weighted by atomic mass is 10.2. The highest BCUT2D eigenvalue weighted by molar-refractivity contribution is 6.01. The SMILES string of the molecule is O=C(O)/C=C/c1ccc(NC(=O)c2ncn[nH]2)cc1. The Labute approximate surface area is 108 Å². The average Bonchev–Trinajstić information content (AvgIpc) is 2.92. The van der Waals surface area contributed by atoms with E-state index in [9.17, 15) is 9.59 Å². The zero-order chi connectivity index (χ0) is 13.7. The van der Waals surface area contributed by atoms with Gasteiger partial charge in [0.15, 0.2) is 0 Å². The zero-order valence-electron chi connectivity index (χ0n) is 9.70. The van der Waals surface area contributed by atoms with Gasteiger partial charge in [-0.2, -0.15) is 5.10 Å². The molecule has 0 saturated carbocycles. The molecule has 0 bridgehead atoms. The number of hydrogen-bond donors (Lipinski definition) is 3. The standard InChI is InChI=1S/C12H10N4O3/c17-10(18)6-3-8-1-4-9(5-2-8)15-12(19)11-13-7-14-16-11/h1-7H,(H,15,19)(H,17,18)(H,13,14,16)/b6-3+. The van der Waals surface area contributed by atoms with Gasteiger partial charge < -0.3 is 10.4 Å². The molecular formula is C12H10N4O3. The summed E-state index contributed by atoms with van der Waals surface area (Å²) in [5.41, 5.74) is 1.30. The molecule has 1 amide bonds. The van der Waals surface area contributed by atoms with Crippen LogP contribution in [0.4, 0.5) is 5.69 Å². The highest BCUT2D eigenvalue weighted by atomic mass is 16.4. The summed E-state index contributed by atoms with van der Waals surface area (Å²) >= 11 is 0. The fourth-order valence-electron chi connectivity index (χ4n) is 1.35. The number of carboxylic acid groups (broad SMARTS) is 1. The summed E-state index contributed by atoms with van der Waals surface area (Å²) in [6.45, 7) is 0. The van der Waals surface area contributed by atoms with Crippen LogP contribution in [0.2, 0.25) is 0 Å². The van der Waals surface area contributed by atoms with Crippen molar-refractivity contribution < 1.29 is 14.7 Å². The van der Waals surface area contributed by atoms with Crippen molar-refractivity contribution in [3.63, 3.8) is 0 Å². The van der Waals surface area contributed by atoms with Gasteiger partial charge in [0.1, 0.15) is 6.33 Å². The van der Waals surface area contributed by atoms with Crippen molar-refractivity contribution in [2.45, 2.75) is 0 Å². The third-order valence-corrected chi connectivity index (χ3v) is 2.22. The molecule has 0 aliphatic carbocycles. The Morgan fingerprint density at radius 3 is 2.58 bits per heavy atom. The number of amides is 1. The molecule has 0 aliphatic heterocycles. The van der Waals surface area contributed by atoms with Crippen LogP contribution in [0.5, 0.6) is 0 Å². The fraction of sp³-hybridized carbons (Fsp3) is 0. The van der Waals surface area contributed by atoms with E-state index in [1.54, 1.807) is 24.3 Å². The number of aromatic amines is 1. The number of carbonyl (C=O) groups excluding carboxylic acids is 1. The number of nitrogens with zero attached hydrogens (tertiary/aromatic N) is 2. The van der Waals surface area contributed by atoms with Crippen LogP contribution in [-0.2, 0) is 4.79 Å². The monoisotopic (exact) mass is 258 g/mol. The minimum absolute atomic E-state index is 0.120. The molecule has 2 aromatic rings. The molecule has 2 rings (SSSR count). The van der Waals surface area contributed by atoms with Crippen LogP contribution in [0, 0.1) is 0 Å².